The second-order valence-electron chi connectivity index (χ2n) is 4.61. The molecule has 0 fully saturated rings. The van der Waals surface area contributed by atoms with Gasteiger partial charge in [-0.25, -0.2) is 8.78 Å². The third kappa shape index (κ3) is 8.33. The van der Waals surface area contributed by atoms with Crippen LogP contribution in [-0.2, 0) is 0 Å². The van der Waals surface area contributed by atoms with Gasteiger partial charge >= 0.3 is 0 Å². The van der Waals surface area contributed by atoms with Crippen LogP contribution in [0.15, 0.2) is 0 Å². The number of rotatable bonds is 11. The molecule has 6 heteroatoms. The molecule has 0 spiro atoms. The first-order valence-corrected chi connectivity index (χ1v) is 6.53. The summed E-state index contributed by atoms with van der Waals surface area (Å²) in [7, 11) is 0. The van der Waals surface area contributed by atoms with Gasteiger partial charge in [-0.05, 0) is 25.7 Å². The Morgan fingerprint density at radius 2 is 1.72 bits per heavy atom. The van der Waals surface area contributed by atoms with E-state index in [1.54, 1.807) is 6.92 Å². The fourth-order valence-corrected chi connectivity index (χ4v) is 1.89. The van der Waals surface area contributed by atoms with E-state index in [0.717, 1.165) is 0 Å². The summed E-state index contributed by atoms with van der Waals surface area (Å²) in [6.07, 6.45) is -0.871. The van der Waals surface area contributed by atoms with Crippen molar-refractivity contribution in [2.45, 2.75) is 70.3 Å². The molecule has 0 bridgehead atoms. The van der Waals surface area contributed by atoms with E-state index in [1.165, 1.54) is 0 Å². The summed E-state index contributed by atoms with van der Waals surface area (Å²) in [4.78, 5) is 10.2. The quantitative estimate of drug-likeness (QED) is 0.355. The van der Waals surface area contributed by atoms with Gasteiger partial charge in [0.2, 0.25) is 6.04 Å². The fourth-order valence-electron chi connectivity index (χ4n) is 1.89. The summed E-state index contributed by atoms with van der Waals surface area (Å²) in [5.41, 5.74) is 0. The molecule has 3 unspecified atom stereocenters. The molecule has 18 heavy (non-hydrogen) atoms. The van der Waals surface area contributed by atoms with E-state index >= 15 is 0 Å². The van der Waals surface area contributed by atoms with E-state index in [4.69, 9.17) is 5.11 Å². The maximum atomic E-state index is 13.5. The number of aliphatic hydroxyl groups is 1. The lowest BCUT2D eigenvalue weighted by molar-refractivity contribution is -0.526. The molecule has 0 saturated heterocycles. The average molecular weight is 267 g/mol. The monoisotopic (exact) mass is 267 g/mol. The largest absolute Gasteiger partial charge is 0.396 e. The predicted octanol–water partition coefficient (Wildman–Crippen LogP) is 3.05. The minimum atomic E-state index is -1.29. The van der Waals surface area contributed by atoms with Gasteiger partial charge in [0.05, 0.1) is 0 Å². The molecule has 0 saturated carbocycles. The van der Waals surface area contributed by atoms with Gasteiger partial charge in [-0.1, -0.05) is 13.3 Å². The van der Waals surface area contributed by atoms with Crippen LogP contribution in [0.3, 0.4) is 0 Å². The topological polar surface area (TPSA) is 63.4 Å². The molecule has 0 aromatic heterocycles. The first kappa shape index (κ1) is 17.2. The molecular weight excluding hydrogens is 244 g/mol. The zero-order valence-corrected chi connectivity index (χ0v) is 10.9. The smallest absolute Gasteiger partial charge is 0.218 e. The first-order valence-electron chi connectivity index (χ1n) is 6.53. The average Bonchev–Trinajstić information content (AvgIpc) is 2.28. The number of unbranched alkanes of at least 4 members (excludes halogenated alkanes) is 1. The van der Waals surface area contributed by atoms with Crippen molar-refractivity contribution in [2.75, 3.05) is 6.61 Å². The number of halogens is 2. The first-order chi connectivity index (χ1) is 8.51. The van der Waals surface area contributed by atoms with Gasteiger partial charge in [-0.3, -0.25) is 10.1 Å². The van der Waals surface area contributed by atoms with E-state index in [1.807, 2.05) is 0 Å². The highest BCUT2D eigenvalue weighted by atomic mass is 19.1. The molecule has 0 heterocycles. The summed E-state index contributed by atoms with van der Waals surface area (Å²) in [5.74, 6) is 0. The third-order valence-electron chi connectivity index (χ3n) is 2.88. The summed E-state index contributed by atoms with van der Waals surface area (Å²) >= 11 is 0. The zero-order valence-electron chi connectivity index (χ0n) is 10.9. The Bertz CT molecular complexity index is 229. The van der Waals surface area contributed by atoms with Gasteiger partial charge in [0, 0.05) is 24.4 Å². The van der Waals surface area contributed by atoms with Crippen molar-refractivity contribution in [1.29, 1.82) is 0 Å². The molecular formula is C12H23F2NO3. The Morgan fingerprint density at radius 3 is 2.17 bits per heavy atom. The predicted molar refractivity (Wildman–Crippen MR) is 65.7 cm³/mol. The molecule has 1 N–H and O–H groups in total. The minimum absolute atomic E-state index is 0.00552. The number of nitrogens with zero attached hydrogens (tertiary/aromatic N) is 1. The fraction of sp³-hybridized carbons (Fsp3) is 1.00. The maximum absolute atomic E-state index is 13.5. The van der Waals surface area contributed by atoms with E-state index in [0.29, 0.717) is 19.3 Å². The number of alkyl halides is 2. The molecule has 0 aromatic rings. The molecule has 0 amide bonds. The van der Waals surface area contributed by atoms with Crippen LogP contribution in [-0.4, -0.2) is 35.0 Å². The van der Waals surface area contributed by atoms with Crippen molar-refractivity contribution in [1.82, 2.24) is 0 Å². The molecule has 0 rings (SSSR count). The number of hydrogen-bond acceptors (Lipinski definition) is 3. The maximum Gasteiger partial charge on any atom is 0.218 e. The van der Waals surface area contributed by atoms with E-state index in [9.17, 15) is 18.9 Å². The highest BCUT2D eigenvalue weighted by Gasteiger charge is 2.28. The minimum Gasteiger partial charge on any atom is -0.396 e. The molecule has 108 valence electrons. The Labute approximate surface area is 107 Å². The summed E-state index contributed by atoms with van der Waals surface area (Å²) in [6, 6.07) is -1.14. The summed E-state index contributed by atoms with van der Waals surface area (Å²) in [5, 5.41) is 19.3. The molecule has 0 aliphatic heterocycles. The van der Waals surface area contributed by atoms with E-state index in [2.05, 4.69) is 0 Å². The van der Waals surface area contributed by atoms with Gasteiger partial charge in [-0.15, -0.1) is 0 Å². The van der Waals surface area contributed by atoms with E-state index < -0.39 is 23.3 Å². The van der Waals surface area contributed by atoms with Gasteiger partial charge in [0.1, 0.15) is 12.3 Å². The van der Waals surface area contributed by atoms with Crippen LogP contribution >= 0.6 is 0 Å². The highest BCUT2D eigenvalue weighted by molar-refractivity contribution is 4.69. The van der Waals surface area contributed by atoms with Crippen LogP contribution < -0.4 is 0 Å². The Morgan fingerprint density at radius 1 is 1.17 bits per heavy atom. The zero-order chi connectivity index (χ0) is 14.0. The molecule has 0 aliphatic rings. The van der Waals surface area contributed by atoms with Crippen LogP contribution in [0.4, 0.5) is 8.78 Å². The van der Waals surface area contributed by atoms with Gasteiger partial charge in [-0.2, -0.15) is 0 Å². The van der Waals surface area contributed by atoms with Crippen molar-refractivity contribution in [3.05, 3.63) is 10.1 Å². The van der Waals surface area contributed by atoms with Crippen molar-refractivity contribution < 1.29 is 18.8 Å². The van der Waals surface area contributed by atoms with Crippen LogP contribution in [0, 0.1) is 10.1 Å². The van der Waals surface area contributed by atoms with Crippen molar-refractivity contribution in [2.24, 2.45) is 0 Å². The van der Waals surface area contributed by atoms with Gasteiger partial charge in [0.25, 0.3) is 0 Å². The molecule has 0 radical (unpaired) electrons. The SMILES string of the molecule is CCCC(F)CC(CC(F)CCCCO)[N+](=O)[O-]. The lowest BCUT2D eigenvalue weighted by Crippen LogP contribution is -2.27. The van der Waals surface area contributed by atoms with Crippen molar-refractivity contribution >= 4 is 0 Å². The van der Waals surface area contributed by atoms with Crippen molar-refractivity contribution in [3.63, 3.8) is 0 Å². The van der Waals surface area contributed by atoms with Crippen LogP contribution in [0.5, 0.6) is 0 Å². The second-order valence-corrected chi connectivity index (χ2v) is 4.61. The number of hydrogen-bond donors (Lipinski definition) is 1. The van der Waals surface area contributed by atoms with Crippen LogP contribution in [0.1, 0.15) is 51.9 Å². The summed E-state index contributed by atoms with van der Waals surface area (Å²) in [6.45, 7) is 1.80. The molecule has 0 aliphatic carbocycles. The molecule has 0 aromatic carbocycles. The van der Waals surface area contributed by atoms with Gasteiger partial charge < -0.3 is 5.11 Å². The Kier molecular flexibility index (Phi) is 9.73. The normalized spacial score (nSPS) is 16.2. The Hall–Kier alpha value is -0.780. The van der Waals surface area contributed by atoms with Crippen molar-refractivity contribution in [3.8, 4) is 0 Å². The Balaban J connectivity index is 4.06. The lowest BCUT2D eigenvalue weighted by atomic mass is 10.00. The second kappa shape index (κ2) is 10.2. The lowest BCUT2D eigenvalue weighted by Gasteiger charge is -2.14. The van der Waals surface area contributed by atoms with Crippen LogP contribution in [0.25, 0.3) is 0 Å². The molecule has 3 atom stereocenters. The summed E-state index contributed by atoms with van der Waals surface area (Å²) < 4.78 is 26.8. The van der Waals surface area contributed by atoms with Gasteiger partial charge in [0.15, 0.2) is 0 Å². The van der Waals surface area contributed by atoms with E-state index in [-0.39, 0.29) is 32.3 Å². The van der Waals surface area contributed by atoms with Crippen LogP contribution in [0.2, 0.25) is 0 Å². The standard InChI is InChI=1S/C12H23F2NO3/c1-2-5-10(13)8-12(15(17)18)9-11(14)6-3-4-7-16/h10-12,16H,2-9H2,1H3. The third-order valence-corrected chi connectivity index (χ3v) is 2.88. The number of nitro groups is 1. The number of aliphatic hydroxyl groups excluding tert-OH is 1. The molecule has 4 nitrogen and oxygen atoms in total. The highest BCUT2D eigenvalue weighted by Crippen LogP contribution is 2.19.